The van der Waals surface area contributed by atoms with Gasteiger partial charge in [-0.15, -0.1) is 0 Å². The summed E-state index contributed by atoms with van der Waals surface area (Å²) >= 11 is 0. The maximum absolute atomic E-state index is 12.3. The summed E-state index contributed by atoms with van der Waals surface area (Å²) in [5, 5.41) is 0. The Labute approximate surface area is 155 Å². The molecule has 1 aromatic carbocycles. The van der Waals surface area contributed by atoms with Crippen molar-refractivity contribution in [2.45, 2.75) is 25.8 Å². The molecule has 144 valence electrons. The highest BCUT2D eigenvalue weighted by atomic mass is 32.2. The molecule has 0 unspecified atom stereocenters. The van der Waals surface area contributed by atoms with Crippen molar-refractivity contribution in [2.75, 3.05) is 33.1 Å². The van der Waals surface area contributed by atoms with E-state index in [-0.39, 0.29) is 11.9 Å². The normalized spacial score (nSPS) is 16.0. The van der Waals surface area contributed by atoms with E-state index in [0.29, 0.717) is 44.0 Å². The molecule has 1 fully saturated rings. The molecule has 0 spiro atoms. The molecule has 26 heavy (non-hydrogen) atoms. The van der Waals surface area contributed by atoms with E-state index < -0.39 is 10.0 Å². The third-order valence-corrected chi connectivity index (χ3v) is 4.85. The first-order valence-electron chi connectivity index (χ1n) is 8.57. The van der Waals surface area contributed by atoms with Crippen molar-refractivity contribution >= 4 is 22.0 Å². The molecule has 1 aliphatic heterocycles. The number of nitrogens with zero attached hydrogens (tertiary/aromatic N) is 1. The van der Waals surface area contributed by atoms with E-state index in [0.717, 1.165) is 11.8 Å². The standard InChI is InChI=1S/C18H26N2O5S/c1-4-25-17-13-14(5-7-16(17)24-2)6-8-18(21)20-11-9-15(10-12-20)19-26(3,22)23/h5-8,13,15,19H,4,9-12H2,1-3H3. The number of carbonyl (C=O) groups excluding carboxylic acids is 1. The van der Waals surface area contributed by atoms with Gasteiger partial charge in [0, 0.05) is 25.2 Å². The van der Waals surface area contributed by atoms with E-state index in [1.807, 2.05) is 19.1 Å². The molecule has 1 heterocycles. The number of piperidine rings is 1. The number of rotatable bonds is 7. The summed E-state index contributed by atoms with van der Waals surface area (Å²) in [4.78, 5) is 14.1. The van der Waals surface area contributed by atoms with Gasteiger partial charge >= 0.3 is 0 Å². The van der Waals surface area contributed by atoms with Crippen LogP contribution in [-0.2, 0) is 14.8 Å². The Morgan fingerprint density at radius 1 is 1.31 bits per heavy atom. The minimum absolute atomic E-state index is 0.0865. The quantitative estimate of drug-likeness (QED) is 0.725. The molecule has 0 saturated carbocycles. The molecule has 0 atom stereocenters. The summed E-state index contributed by atoms with van der Waals surface area (Å²) in [5.74, 6) is 1.20. The smallest absolute Gasteiger partial charge is 0.246 e. The molecule has 1 aromatic rings. The van der Waals surface area contributed by atoms with Gasteiger partial charge in [-0.2, -0.15) is 0 Å². The summed E-state index contributed by atoms with van der Waals surface area (Å²) in [5.41, 5.74) is 0.844. The Balaban J connectivity index is 1.94. The molecule has 7 nitrogen and oxygen atoms in total. The number of amides is 1. The fraction of sp³-hybridized carbons (Fsp3) is 0.500. The van der Waals surface area contributed by atoms with Gasteiger partial charge in [0.1, 0.15) is 0 Å². The van der Waals surface area contributed by atoms with Crippen LogP contribution in [0.25, 0.3) is 6.08 Å². The Kier molecular flexibility index (Phi) is 7.05. The van der Waals surface area contributed by atoms with Crippen molar-refractivity contribution < 1.29 is 22.7 Å². The van der Waals surface area contributed by atoms with Crippen molar-refractivity contribution in [2.24, 2.45) is 0 Å². The van der Waals surface area contributed by atoms with Crippen molar-refractivity contribution in [3.05, 3.63) is 29.8 Å². The second kappa shape index (κ2) is 9.05. The van der Waals surface area contributed by atoms with Crippen LogP contribution in [0, 0.1) is 0 Å². The molecule has 0 bridgehead atoms. The van der Waals surface area contributed by atoms with Crippen molar-refractivity contribution in [1.29, 1.82) is 0 Å². The molecule has 8 heteroatoms. The average Bonchev–Trinajstić information content (AvgIpc) is 2.59. The molecule has 0 radical (unpaired) electrons. The lowest BCUT2D eigenvalue weighted by atomic mass is 10.1. The Bertz CT molecular complexity index is 753. The second-order valence-electron chi connectivity index (χ2n) is 6.17. The van der Waals surface area contributed by atoms with Crippen LogP contribution in [0.2, 0.25) is 0 Å². The Hall–Kier alpha value is -2.06. The molecule has 1 saturated heterocycles. The molecular formula is C18H26N2O5S. The van der Waals surface area contributed by atoms with E-state index in [1.54, 1.807) is 24.2 Å². The number of hydrogen-bond donors (Lipinski definition) is 1. The van der Waals surface area contributed by atoms with Crippen LogP contribution in [-0.4, -0.2) is 58.3 Å². The van der Waals surface area contributed by atoms with Gasteiger partial charge in [-0.3, -0.25) is 4.79 Å². The van der Waals surface area contributed by atoms with Gasteiger partial charge in [-0.1, -0.05) is 6.07 Å². The fourth-order valence-corrected chi connectivity index (χ4v) is 3.70. The van der Waals surface area contributed by atoms with Gasteiger partial charge in [0.25, 0.3) is 0 Å². The number of sulfonamides is 1. The summed E-state index contributed by atoms with van der Waals surface area (Å²) in [6, 6.07) is 5.38. The highest BCUT2D eigenvalue weighted by molar-refractivity contribution is 7.88. The van der Waals surface area contributed by atoms with Crippen molar-refractivity contribution in [3.8, 4) is 11.5 Å². The lowest BCUT2D eigenvalue weighted by molar-refractivity contribution is -0.126. The number of likely N-dealkylation sites (tertiary alicyclic amines) is 1. The first-order chi connectivity index (χ1) is 12.3. The zero-order valence-corrected chi connectivity index (χ0v) is 16.2. The molecule has 0 aliphatic carbocycles. The largest absolute Gasteiger partial charge is 0.493 e. The van der Waals surface area contributed by atoms with E-state index in [4.69, 9.17) is 9.47 Å². The predicted molar refractivity (Wildman–Crippen MR) is 101 cm³/mol. The van der Waals surface area contributed by atoms with Crippen LogP contribution < -0.4 is 14.2 Å². The third kappa shape index (κ3) is 6.03. The van der Waals surface area contributed by atoms with Crippen LogP contribution >= 0.6 is 0 Å². The molecule has 1 N–H and O–H groups in total. The van der Waals surface area contributed by atoms with Crippen molar-refractivity contribution in [1.82, 2.24) is 9.62 Å². The summed E-state index contributed by atoms with van der Waals surface area (Å²) in [6.07, 6.45) is 5.65. The zero-order valence-electron chi connectivity index (χ0n) is 15.4. The average molecular weight is 382 g/mol. The first kappa shape index (κ1) is 20.3. The predicted octanol–water partition coefficient (Wildman–Crippen LogP) is 1.65. The van der Waals surface area contributed by atoms with Crippen LogP contribution in [0.3, 0.4) is 0 Å². The van der Waals surface area contributed by atoms with E-state index in [1.165, 1.54) is 6.08 Å². The lowest BCUT2D eigenvalue weighted by Gasteiger charge is -2.31. The van der Waals surface area contributed by atoms with Gasteiger partial charge in [-0.25, -0.2) is 13.1 Å². The first-order valence-corrected chi connectivity index (χ1v) is 10.5. The van der Waals surface area contributed by atoms with Crippen molar-refractivity contribution in [3.63, 3.8) is 0 Å². The number of ether oxygens (including phenoxy) is 2. The Morgan fingerprint density at radius 2 is 2.00 bits per heavy atom. The van der Waals surface area contributed by atoms with E-state index in [9.17, 15) is 13.2 Å². The van der Waals surface area contributed by atoms with Gasteiger partial charge in [0.15, 0.2) is 11.5 Å². The van der Waals surface area contributed by atoms with Gasteiger partial charge in [-0.05, 0) is 43.5 Å². The SMILES string of the molecule is CCOc1cc(C=CC(=O)N2CCC(NS(C)(=O)=O)CC2)ccc1OC. The minimum Gasteiger partial charge on any atom is -0.493 e. The van der Waals surface area contributed by atoms with Crippen LogP contribution in [0.15, 0.2) is 24.3 Å². The topological polar surface area (TPSA) is 84.9 Å². The number of nitrogens with one attached hydrogen (secondary N) is 1. The van der Waals surface area contributed by atoms with Gasteiger partial charge in [0.05, 0.1) is 20.0 Å². The van der Waals surface area contributed by atoms with E-state index >= 15 is 0 Å². The van der Waals surface area contributed by atoms with E-state index in [2.05, 4.69) is 4.72 Å². The monoisotopic (exact) mass is 382 g/mol. The number of methoxy groups -OCH3 is 1. The minimum atomic E-state index is -3.21. The zero-order chi connectivity index (χ0) is 19.2. The van der Waals surface area contributed by atoms with Crippen LogP contribution in [0.4, 0.5) is 0 Å². The maximum atomic E-state index is 12.3. The van der Waals surface area contributed by atoms with Gasteiger partial charge in [0.2, 0.25) is 15.9 Å². The number of carbonyl (C=O) groups is 1. The number of hydrogen-bond acceptors (Lipinski definition) is 5. The molecule has 0 aromatic heterocycles. The number of benzene rings is 1. The summed E-state index contributed by atoms with van der Waals surface area (Å²) < 4.78 is 35.9. The molecule has 1 aliphatic rings. The third-order valence-electron chi connectivity index (χ3n) is 4.09. The van der Waals surface area contributed by atoms with Crippen LogP contribution in [0.1, 0.15) is 25.3 Å². The van der Waals surface area contributed by atoms with Crippen LogP contribution in [0.5, 0.6) is 11.5 Å². The highest BCUT2D eigenvalue weighted by Gasteiger charge is 2.23. The molecule has 2 rings (SSSR count). The summed E-state index contributed by atoms with van der Waals surface area (Å²) in [6.45, 7) is 3.49. The summed E-state index contributed by atoms with van der Waals surface area (Å²) in [7, 11) is -1.63. The maximum Gasteiger partial charge on any atom is 0.246 e. The fourth-order valence-electron chi connectivity index (χ4n) is 2.86. The Morgan fingerprint density at radius 3 is 2.58 bits per heavy atom. The molecule has 1 amide bonds. The lowest BCUT2D eigenvalue weighted by Crippen LogP contribution is -2.45. The van der Waals surface area contributed by atoms with Gasteiger partial charge < -0.3 is 14.4 Å². The second-order valence-corrected chi connectivity index (χ2v) is 7.95. The molecular weight excluding hydrogens is 356 g/mol. The highest BCUT2D eigenvalue weighted by Crippen LogP contribution is 2.28.